The molecule has 1 aromatic carbocycles. The number of urea groups is 1. The van der Waals surface area contributed by atoms with E-state index in [0.29, 0.717) is 11.3 Å². The van der Waals surface area contributed by atoms with Crippen molar-refractivity contribution < 1.29 is 9.59 Å². The van der Waals surface area contributed by atoms with Gasteiger partial charge in [-0.25, -0.2) is 9.78 Å². The molecule has 1 saturated heterocycles. The van der Waals surface area contributed by atoms with Gasteiger partial charge in [0, 0.05) is 50.8 Å². The van der Waals surface area contributed by atoms with Crippen LogP contribution in [0.2, 0.25) is 0 Å². The minimum Gasteiger partial charge on any atom is -0.357 e. The van der Waals surface area contributed by atoms with Crippen molar-refractivity contribution in [1.82, 2.24) is 14.9 Å². The molecule has 1 aliphatic heterocycles. The second-order valence-corrected chi connectivity index (χ2v) is 8.65. The number of hydrogen-bond donors (Lipinski definition) is 3. The van der Waals surface area contributed by atoms with E-state index in [-0.39, 0.29) is 17.2 Å². The number of aromatic nitrogens is 2. The molecule has 1 aliphatic rings. The van der Waals surface area contributed by atoms with E-state index in [1.165, 1.54) is 30.9 Å². The summed E-state index contributed by atoms with van der Waals surface area (Å²) < 4.78 is 1.42. The van der Waals surface area contributed by atoms with Crippen molar-refractivity contribution in [2.45, 2.75) is 26.2 Å². The molecule has 0 spiro atoms. The van der Waals surface area contributed by atoms with E-state index < -0.39 is 6.03 Å². The summed E-state index contributed by atoms with van der Waals surface area (Å²) in [5.41, 5.74) is 3.38. The Morgan fingerprint density at radius 1 is 1.00 bits per heavy atom. The molecule has 9 heteroatoms. The van der Waals surface area contributed by atoms with Crippen molar-refractivity contribution >= 4 is 29.1 Å². The van der Waals surface area contributed by atoms with E-state index in [9.17, 15) is 14.4 Å². The molecule has 3 N–H and O–H groups in total. The molecular weight excluding hydrogens is 444 g/mol. The zero-order valence-electron chi connectivity index (χ0n) is 20.2. The highest BCUT2D eigenvalue weighted by Crippen LogP contribution is 2.29. The fourth-order valence-corrected chi connectivity index (χ4v) is 4.24. The number of piperidine rings is 1. The first kappa shape index (κ1) is 24.0. The van der Waals surface area contributed by atoms with Crippen LogP contribution in [0.1, 0.15) is 35.2 Å². The number of nitrogens with zero attached hydrogens (tertiary/aromatic N) is 3. The fraction of sp³-hybridized carbons (Fsp3) is 0.308. The van der Waals surface area contributed by atoms with E-state index in [1.54, 1.807) is 31.6 Å². The van der Waals surface area contributed by atoms with E-state index >= 15 is 0 Å². The van der Waals surface area contributed by atoms with Crippen LogP contribution in [0, 0.1) is 6.92 Å². The van der Waals surface area contributed by atoms with Gasteiger partial charge in [-0.3, -0.25) is 9.59 Å². The molecule has 0 saturated carbocycles. The lowest BCUT2D eigenvalue weighted by Crippen LogP contribution is -2.30. The summed E-state index contributed by atoms with van der Waals surface area (Å²) in [4.78, 5) is 43.9. The summed E-state index contributed by atoms with van der Waals surface area (Å²) in [6, 6.07) is 10.4. The van der Waals surface area contributed by atoms with Gasteiger partial charge in [-0.05, 0) is 61.6 Å². The van der Waals surface area contributed by atoms with E-state index in [4.69, 9.17) is 0 Å². The predicted molar refractivity (Wildman–Crippen MR) is 138 cm³/mol. The van der Waals surface area contributed by atoms with Crippen LogP contribution in [0.5, 0.6) is 0 Å². The van der Waals surface area contributed by atoms with Gasteiger partial charge in [0.15, 0.2) is 0 Å². The highest BCUT2D eigenvalue weighted by molar-refractivity contribution is 6.05. The normalized spacial score (nSPS) is 13.3. The second kappa shape index (κ2) is 10.4. The lowest BCUT2D eigenvalue weighted by Gasteiger charge is -2.27. The third-order valence-electron chi connectivity index (χ3n) is 6.24. The van der Waals surface area contributed by atoms with Crippen LogP contribution in [-0.2, 0) is 7.05 Å². The number of benzene rings is 1. The highest BCUT2D eigenvalue weighted by Gasteiger charge is 2.16. The third kappa shape index (κ3) is 5.34. The Morgan fingerprint density at radius 3 is 2.46 bits per heavy atom. The number of amides is 3. The Morgan fingerprint density at radius 2 is 1.77 bits per heavy atom. The molecular formula is C26H30N6O3. The van der Waals surface area contributed by atoms with Crippen molar-refractivity contribution in [2.75, 3.05) is 35.7 Å². The van der Waals surface area contributed by atoms with Crippen molar-refractivity contribution in [1.29, 1.82) is 0 Å². The van der Waals surface area contributed by atoms with Crippen molar-refractivity contribution in [3.63, 3.8) is 0 Å². The number of rotatable bonds is 5. The zero-order chi connectivity index (χ0) is 24.9. The van der Waals surface area contributed by atoms with Gasteiger partial charge in [0.25, 0.3) is 11.5 Å². The Labute approximate surface area is 204 Å². The molecule has 0 aliphatic carbocycles. The molecule has 2 aromatic heterocycles. The van der Waals surface area contributed by atoms with Gasteiger partial charge in [-0.15, -0.1) is 0 Å². The van der Waals surface area contributed by atoms with Gasteiger partial charge in [0.1, 0.15) is 11.5 Å². The molecule has 0 atom stereocenters. The minimum atomic E-state index is -0.475. The maximum atomic E-state index is 12.9. The van der Waals surface area contributed by atoms with Crippen LogP contribution in [0.3, 0.4) is 0 Å². The number of anilines is 3. The average Bonchev–Trinajstić information content (AvgIpc) is 2.88. The summed E-state index contributed by atoms with van der Waals surface area (Å²) in [5.74, 6) is 0.653. The number of pyridine rings is 2. The molecule has 182 valence electrons. The van der Waals surface area contributed by atoms with Crippen molar-refractivity contribution in [3.8, 4) is 11.1 Å². The molecule has 1 fully saturated rings. The predicted octanol–water partition coefficient (Wildman–Crippen LogP) is 3.75. The van der Waals surface area contributed by atoms with Crippen LogP contribution >= 0.6 is 0 Å². The van der Waals surface area contributed by atoms with Gasteiger partial charge in [0.2, 0.25) is 0 Å². The maximum Gasteiger partial charge on any atom is 0.319 e. The topological polar surface area (TPSA) is 108 Å². The van der Waals surface area contributed by atoms with Crippen LogP contribution in [0.4, 0.5) is 22.0 Å². The van der Waals surface area contributed by atoms with Crippen molar-refractivity contribution in [2.24, 2.45) is 7.05 Å². The largest absolute Gasteiger partial charge is 0.357 e. The first-order valence-electron chi connectivity index (χ1n) is 11.7. The van der Waals surface area contributed by atoms with Gasteiger partial charge in [0.05, 0.1) is 5.56 Å². The number of aryl methyl sites for hydroxylation is 1. The van der Waals surface area contributed by atoms with E-state index in [0.717, 1.165) is 35.6 Å². The summed E-state index contributed by atoms with van der Waals surface area (Å²) in [5, 5.41) is 7.99. The summed E-state index contributed by atoms with van der Waals surface area (Å²) >= 11 is 0. The SMILES string of the molecule is CNC(=O)Nc1cc(-c2cccc(NC(=O)c3ccc(N4CCCCC4)nc3)c2C)cn(C)c1=O. The summed E-state index contributed by atoms with van der Waals surface area (Å²) in [6.45, 7) is 3.89. The Bertz CT molecular complexity index is 1290. The lowest BCUT2D eigenvalue weighted by molar-refractivity contribution is 0.102. The molecule has 35 heavy (non-hydrogen) atoms. The fourth-order valence-electron chi connectivity index (χ4n) is 4.24. The molecule has 0 bridgehead atoms. The first-order chi connectivity index (χ1) is 16.9. The van der Waals surface area contributed by atoms with E-state index in [1.807, 2.05) is 31.2 Å². The van der Waals surface area contributed by atoms with Gasteiger partial charge < -0.3 is 25.4 Å². The molecule has 0 unspecified atom stereocenters. The second-order valence-electron chi connectivity index (χ2n) is 8.65. The Hall–Kier alpha value is -4.14. The first-order valence-corrected chi connectivity index (χ1v) is 11.7. The minimum absolute atomic E-state index is 0.165. The van der Waals surface area contributed by atoms with Crippen LogP contribution in [-0.4, -0.2) is 41.6 Å². The number of nitrogens with one attached hydrogen (secondary N) is 3. The van der Waals surface area contributed by atoms with Crippen molar-refractivity contribution in [3.05, 3.63) is 70.3 Å². The highest BCUT2D eigenvalue weighted by atomic mass is 16.2. The van der Waals surface area contributed by atoms with Crippen LogP contribution in [0.25, 0.3) is 11.1 Å². The zero-order valence-corrected chi connectivity index (χ0v) is 20.2. The molecule has 9 nitrogen and oxygen atoms in total. The Balaban J connectivity index is 1.56. The molecule has 3 amide bonds. The molecule has 0 radical (unpaired) electrons. The van der Waals surface area contributed by atoms with Gasteiger partial charge in [-0.2, -0.15) is 0 Å². The van der Waals surface area contributed by atoms with Crippen LogP contribution < -0.4 is 26.4 Å². The lowest BCUT2D eigenvalue weighted by atomic mass is 10.00. The number of hydrogen-bond acceptors (Lipinski definition) is 5. The van der Waals surface area contributed by atoms with Gasteiger partial charge in [-0.1, -0.05) is 12.1 Å². The van der Waals surface area contributed by atoms with E-state index in [2.05, 4.69) is 25.8 Å². The smallest absolute Gasteiger partial charge is 0.319 e. The van der Waals surface area contributed by atoms with Gasteiger partial charge >= 0.3 is 6.03 Å². The molecule has 4 rings (SSSR count). The van der Waals surface area contributed by atoms with Crippen LogP contribution in [0.15, 0.2) is 53.6 Å². The third-order valence-corrected chi connectivity index (χ3v) is 6.24. The molecule has 3 heterocycles. The Kier molecular flexibility index (Phi) is 7.14. The summed E-state index contributed by atoms with van der Waals surface area (Å²) in [7, 11) is 3.11. The monoisotopic (exact) mass is 474 g/mol. The number of carbonyl (C=O) groups excluding carboxylic acids is 2. The quantitative estimate of drug-likeness (QED) is 0.522. The molecule has 3 aromatic rings. The maximum absolute atomic E-state index is 12.9. The number of carbonyl (C=O) groups is 2. The standard InChI is InChI=1S/C26H30N6O3/c1-17-20(19-14-22(30-26(35)27-2)25(34)31(3)16-19)8-7-9-21(17)29-24(33)18-10-11-23(28-15-18)32-12-5-4-6-13-32/h7-11,14-16H,4-6,12-13H2,1-3H3,(H,29,33)(H2,27,30,35). The summed E-state index contributed by atoms with van der Waals surface area (Å²) in [6.07, 6.45) is 6.90. The average molecular weight is 475 g/mol.